The Kier molecular flexibility index (Phi) is 5.78. The van der Waals surface area contributed by atoms with Crippen molar-refractivity contribution in [1.29, 1.82) is 0 Å². The molecular formula is C27H34FN3. The summed E-state index contributed by atoms with van der Waals surface area (Å²) in [7, 11) is 0. The molecule has 1 aliphatic rings. The molecule has 2 aromatic carbocycles. The van der Waals surface area contributed by atoms with Crippen molar-refractivity contribution in [2.45, 2.75) is 64.5 Å². The fraction of sp³-hybridized carbons (Fsp3) is 0.444. The molecule has 0 spiro atoms. The maximum absolute atomic E-state index is 13.6. The van der Waals surface area contributed by atoms with Gasteiger partial charge >= 0.3 is 0 Å². The van der Waals surface area contributed by atoms with Gasteiger partial charge in [0.15, 0.2) is 0 Å². The van der Waals surface area contributed by atoms with Gasteiger partial charge in [-0.3, -0.25) is 4.90 Å². The van der Waals surface area contributed by atoms with E-state index >= 15 is 0 Å². The molecule has 0 saturated carbocycles. The van der Waals surface area contributed by atoms with E-state index in [4.69, 9.17) is 5.73 Å². The van der Waals surface area contributed by atoms with Gasteiger partial charge in [-0.2, -0.15) is 0 Å². The van der Waals surface area contributed by atoms with Crippen LogP contribution in [0.5, 0.6) is 0 Å². The van der Waals surface area contributed by atoms with Crippen molar-refractivity contribution in [1.82, 2.24) is 9.88 Å². The molecule has 0 radical (unpaired) electrons. The molecule has 0 aliphatic carbocycles. The van der Waals surface area contributed by atoms with E-state index in [0.717, 1.165) is 42.3 Å². The van der Waals surface area contributed by atoms with E-state index in [2.05, 4.69) is 55.8 Å². The highest BCUT2D eigenvalue weighted by molar-refractivity contribution is 5.80. The Balaban J connectivity index is 1.50. The number of aryl methyl sites for hydroxylation is 1. The van der Waals surface area contributed by atoms with Gasteiger partial charge in [-0.15, -0.1) is 0 Å². The first-order valence-electron chi connectivity index (χ1n) is 11.4. The van der Waals surface area contributed by atoms with Crippen molar-refractivity contribution < 1.29 is 4.39 Å². The Morgan fingerprint density at radius 1 is 1.00 bits per heavy atom. The number of aromatic nitrogens is 1. The van der Waals surface area contributed by atoms with E-state index in [1.165, 1.54) is 18.1 Å². The minimum Gasteiger partial charge on any atom is -0.384 e. The van der Waals surface area contributed by atoms with Gasteiger partial charge in [0.2, 0.25) is 0 Å². The second-order valence-electron chi connectivity index (χ2n) is 9.98. The van der Waals surface area contributed by atoms with Crippen LogP contribution in [-0.2, 0) is 12.8 Å². The zero-order valence-corrected chi connectivity index (χ0v) is 19.2. The van der Waals surface area contributed by atoms with E-state index < -0.39 is 0 Å². The minimum atomic E-state index is -0.151. The molecule has 4 heteroatoms. The summed E-state index contributed by atoms with van der Waals surface area (Å²) >= 11 is 0. The van der Waals surface area contributed by atoms with Gasteiger partial charge < -0.3 is 5.73 Å². The Labute approximate surface area is 185 Å². The molecule has 1 aromatic heterocycles. The van der Waals surface area contributed by atoms with Crippen molar-refractivity contribution in [3.8, 4) is 0 Å². The third-order valence-electron chi connectivity index (χ3n) is 7.14. The lowest BCUT2D eigenvalue weighted by Gasteiger charge is -2.22. The summed E-state index contributed by atoms with van der Waals surface area (Å²) in [5, 5.41) is 1.12. The summed E-state index contributed by atoms with van der Waals surface area (Å²) < 4.78 is 13.6. The van der Waals surface area contributed by atoms with Crippen LogP contribution in [0.3, 0.4) is 0 Å². The topological polar surface area (TPSA) is 41.9 Å². The zero-order chi connectivity index (χ0) is 22.2. The number of benzene rings is 2. The van der Waals surface area contributed by atoms with Crippen molar-refractivity contribution in [2.75, 3.05) is 12.3 Å². The molecule has 0 amide bonds. The first-order chi connectivity index (χ1) is 14.7. The van der Waals surface area contributed by atoms with Crippen molar-refractivity contribution in [2.24, 2.45) is 5.92 Å². The number of fused-ring (bicyclic) bond motifs is 1. The number of nitrogens with two attached hydrogens (primary N) is 1. The molecule has 0 bridgehead atoms. The molecule has 2 N–H and O–H groups in total. The van der Waals surface area contributed by atoms with E-state index in [-0.39, 0.29) is 16.9 Å². The molecule has 2 atom stereocenters. The summed E-state index contributed by atoms with van der Waals surface area (Å²) in [6.45, 7) is 10.3. The summed E-state index contributed by atoms with van der Waals surface area (Å²) in [5.41, 5.74) is 9.54. The first-order valence-corrected chi connectivity index (χ1v) is 11.4. The lowest BCUT2D eigenvalue weighted by atomic mass is 9.83. The second-order valence-corrected chi connectivity index (χ2v) is 9.98. The molecule has 164 valence electrons. The van der Waals surface area contributed by atoms with E-state index in [9.17, 15) is 4.39 Å². The highest BCUT2D eigenvalue weighted by Gasteiger charge is 2.67. The zero-order valence-electron chi connectivity index (χ0n) is 19.2. The molecule has 3 aromatic rings. The normalized spacial score (nSPS) is 22.2. The Hall–Kier alpha value is -2.46. The molecule has 1 unspecified atom stereocenters. The van der Waals surface area contributed by atoms with E-state index in [1.807, 2.05) is 18.2 Å². The van der Waals surface area contributed by atoms with Crippen molar-refractivity contribution in [3.05, 3.63) is 71.5 Å². The number of halogens is 1. The molecule has 3 nitrogen and oxygen atoms in total. The van der Waals surface area contributed by atoms with Crippen LogP contribution in [0, 0.1) is 11.7 Å². The number of nitrogen functional groups attached to an aromatic ring is 1. The van der Waals surface area contributed by atoms with Crippen LogP contribution < -0.4 is 5.73 Å². The minimum absolute atomic E-state index is 0.143. The van der Waals surface area contributed by atoms with Crippen LogP contribution in [-0.4, -0.2) is 27.5 Å². The fourth-order valence-corrected chi connectivity index (χ4v) is 5.50. The quantitative estimate of drug-likeness (QED) is 0.455. The molecule has 31 heavy (non-hydrogen) atoms. The highest BCUT2D eigenvalue weighted by atomic mass is 19.1. The number of rotatable bonds is 8. The summed E-state index contributed by atoms with van der Waals surface area (Å²) in [6, 6.07) is 17.4. The van der Waals surface area contributed by atoms with Crippen LogP contribution >= 0.6 is 0 Å². The van der Waals surface area contributed by atoms with Crippen LogP contribution in [0.25, 0.3) is 10.9 Å². The molecule has 1 saturated heterocycles. The fourth-order valence-electron chi connectivity index (χ4n) is 5.50. The summed E-state index contributed by atoms with van der Waals surface area (Å²) in [5.74, 6) is 1.03. The predicted octanol–water partition coefficient (Wildman–Crippen LogP) is 6.01. The van der Waals surface area contributed by atoms with Crippen molar-refractivity contribution >= 4 is 16.7 Å². The molecule has 4 rings (SSSR count). The van der Waals surface area contributed by atoms with Gasteiger partial charge in [0.25, 0.3) is 0 Å². The first kappa shape index (κ1) is 21.8. The van der Waals surface area contributed by atoms with Crippen LogP contribution in [0.2, 0.25) is 0 Å². The monoisotopic (exact) mass is 419 g/mol. The van der Waals surface area contributed by atoms with Crippen LogP contribution in [0.1, 0.15) is 51.7 Å². The average molecular weight is 420 g/mol. The second kappa shape index (κ2) is 8.23. The van der Waals surface area contributed by atoms with Gasteiger partial charge in [0, 0.05) is 23.0 Å². The predicted molar refractivity (Wildman–Crippen MR) is 128 cm³/mol. The number of nitrogens with zero attached hydrogens (tertiary/aromatic N) is 2. The van der Waals surface area contributed by atoms with Gasteiger partial charge in [-0.05, 0) is 86.9 Å². The number of hydrogen-bond acceptors (Lipinski definition) is 3. The number of pyridine rings is 1. The SMILES string of the molecule is CC(C)C[C@@]1(CCc2ccc3ccc(N)nc3c2)N(CCc2cccc(F)c2)C1(C)C. The lowest BCUT2D eigenvalue weighted by molar-refractivity contribution is 0.331. The summed E-state index contributed by atoms with van der Waals surface area (Å²) in [6.07, 6.45) is 4.16. The number of hydrogen-bond donors (Lipinski definition) is 1. The Morgan fingerprint density at radius 3 is 2.48 bits per heavy atom. The van der Waals surface area contributed by atoms with Crippen LogP contribution in [0.4, 0.5) is 10.2 Å². The van der Waals surface area contributed by atoms with Gasteiger partial charge in [0.1, 0.15) is 11.6 Å². The Morgan fingerprint density at radius 2 is 1.74 bits per heavy atom. The number of anilines is 1. The molecule has 1 aliphatic heterocycles. The standard InChI is InChI=1S/C27H34FN3/c1-19(2)18-27(14-12-21-8-9-22-10-11-25(29)30-24(22)17-21)26(3,4)31(27)15-13-20-6-5-7-23(28)16-20/h5-11,16-17,19H,12-15,18H2,1-4H3,(H2,29,30)/t27-,31?/m1/s1. The van der Waals surface area contributed by atoms with Gasteiger partial charge in [-0.25, -0.2) is 9.37 Å². The average Bonchev–Trinajstić information content (AvgIpc) is 3.16. The van der Waals surface area contributed by atoms with Crippen LogP contribution in [0.15, 0.2) is 54.6 Å². The van der Waals surface area contributed by atoms with E-state index in [0.29, 0.717) is 11.7 Å². The van der Waals surface area contributed by atoms with Crippen molar-refractivity contribution in [3.63, 3.8) is 0 Å². The largest absolute Gasteiger partial charge is 0.384 e. The summed E-state index contributed by atoms with van der Waals surface area (Å²) in [4.78, 5) is 7.14. The van der Waals surface area contributed by atoms with Gasteiger partial charge in [-0.1, -0.05) is 38.1 Å². The maximum Gasteiger partial charge on any atom is 0.124 e. The lowest BCUT2D eigenvalue weighted by Crippen LogP contribution is -2.25. The van der Waals surface area contributed by atoms with Gasteiger partial charge in [0.05, 0.1) is 5.52 Å². The molecule has 2 heterocycles. The molecular weight excluding hydrogens is 385 g/mol. The third kappa shape index (κ3) is 4.31. The third-order valence-corrected chi connectivity index (χ3v) is 7.14. The Bertz CT molecular complexity index is 1080. The maximum atomic E-state index is 13.6. The molecule has 1 fully saturated rings. The smallest absolute Gasteiger partial charge is 0.124 e. The van der Waals surface area contributed by atoms with E-state index in [1.54, 1.807) is 12.1 Å². The highest BCUT2D eigenvalue weighted by Crippen LogP contribution is 2.57.